The zero-order valence-electron chi connectivity index (χ0n) is 29.8. The number of ketones is 2. The van der Waals surface area contributed by atoms with Gasteiger partial charge in [0.25, 0.3) is 11.8 Å². The first-order valence-corrected chi connectivity index (χ1v) is 19.2. The number of allylic oxidation sites excluding steroid dienone is 4. The number of nitrogens with zero attached hydrogens (tertiary/aromatic N) is 3. The summed E-state index contributed by atoms with van der Waals surface area (Å²) in [6.45, 7) is 0. The summed E-state index contributed by atoms with van der Waals surface area (Å²) >= 11 is 8.30. The van der Waals surface area contributed by atoms with E-state index in [0.29, 0.717) is 31.9 Å². The minimum atomic E-state index is -4.82. The van der Waals surface area contributed by atoms with Gasteiger partial charge in [0.05, 0.1) is 33.0 Å². The van der Waals surface area contributed by atoms with Crippen LogP contribution in [0.15, 0.2) is 103 Å². The van der Waals surface area contributed by atoms with Crippen molar-refractivity contribution in [2.24, 2.45) is 23.7 Å². The zero-order chi connectivity index (χ0) is 39.8. The second-order valence-corrected chi connectivity index (χ2v) is 15.9. The summed E-state index contributed by atoms with van der Waals surface area (Å²) in [6.07, 6.45) is -1.46. The van der Waals surface area contributed by atoms with Gasteiger partial charge in [0, 0.05) is 24.5 Å². The van der Waals surface area contributed by atoms with E-state index in [4.69, 9.17) is 16.3 Å². The number of halogens is 5. The van der Waals surface area contributed by atoms with Crippen LogP contribution in [0, 0.1) is 27.2 Å². The number of rotatable bonds is 6. The van der Waals surface area contributed by atoms with Crippen molar-refractivity contribution in [2.45, 2.75) is 30.4 Å². The van der Waals surface area contributed by atoms with Gasteiger partial charge in [-0.25, -0.2) is 4.98 Å². The van der Waals surface area contributed by atoms with E-state index in [2.05, 4.69) is 4.98 Å². The summed E-state index contributed by atoms with van der Waals surface area (Å²) in [7, 11) is 2.66. The molecule has 3 aliphatic carbocycles. The largest absolute Gasteiger partial charge is 0.504 e. The van der Waals surface area contributed by atoms with Gasteiger partial charge in [0.1, 0.15) is 5.69 Å². The number of fused-ring (bicyclic) bond motifs is 4. The highest BCUT2D eigenvalue weighted by molar-refractivity contribution is 14.1. The molecule has 9 nitrogen and oxygen atoms in total. The minimum absolute atomic E-state index is 0.0125. The fraction of sp³-hybridized carbons (Fsp3) is 0.262. The average Bonchev–Trinajstić information content (AvgIpc) is 3.45. The Hall–Kier alpha value is -5.02. The van der Waals surface area contributed by atoms with Crippen LogP contribution >= 0.6 is 34.2 Å². The molecule has 4 aliphatic rings. The molecular formula is C42H32ClF3IN3O6. The van der Waals surface area contributed by atoms with Gasteiger partial charge in [-0.2, -0.15) is 18.2 Å². The van der Waals surface area contributed by atoms with Crippen LogP contribution in [0.3, 0.4) is 0 Å². The van der Waals surface area contributed by atoms with E-state index in [-0.39, 0.29) is 46.5 Å². The summed E-state index contributed by atoms with van der Waals surface area (Å²) in [4.78, 5) is 63.0. The summed E-state index contributed by atoms with van der Waals surface area (Å²) in [6, 6.07) is 23.0. The number of imide groups is 1. The molecule has 1 aliphatic heterocycles. The molecule has 0 radical (unpaired) electrons. The smallest absolute Gasteiger partial charge is 0.433 e. The lowest BCUT2D eigenvalue weighted by atomic mass is 9.44. The number of phenols is 1. The maximum Gasteiger partial charge on any atom is 0.433 e. The first-order valence-electron chi connectivity index (χ1n) is 17.7. The van der Waals surface area contributed by atoms with E-state index in [1.807, 2.05) is 46.9 Å². The number of hydrazine groups is 1. The second kappa shape index (κ2) is 13.9. The van der Waals surface area contributed by atoms with E-state index in [9.17, 15) is 27.9 Å². The number of aromatic nitrogens is 1. The van der Waals surface area contributed by atoms with Crippen LogP contribution in [0.2, 0.25) is 5.02 Å². The molecule has 2 fully saturated rings. The molecule has 2 amide bonds. The van der Waals surface area contributed by atoms with Crippen LogP contribution in [0.4, 0.5) is 19.0 Å². The Kier molecular flexibility index (Phi) is 9.38. The molecule has 1 N–H and O–H groups in total. The Balaban J connectivity index is 1.33. The van der Waals surface area contributed by atoms with Crippen LogP contribution in [0.25, 0.3) is 5.57 Å². The van der Waals surface area contributed by atoms with Crippen molar-refractivity contribution in [1.29, 1.82) is 0 Å². The zero-order valence-corrected chi connectivity index (χ0v) is 32.7. The van der Waals surface area contributed by atoms with Gasteiger partial charge in [0.2, 0.25) is 0 Å². The van der Waals surface area contributed by atoms with Crippen LogP contribution in [-0.4, -0.2) is 52.6 Å². The Morgan fingerprint density at radius 2 is 1.64 bits per heavy atom. The monoisotopic (exact) mass is 893 g/mol. The van der Waals surface area contributed by atoms with E-state index in [1.165, 1.54) is 20.2 Å². The first kappa shape index (κ1) is 37.9. The highest BCUT2D eigenvalue weighted by Gasteiger charge is 2.66. The summed E-state index contributed by atoms with van der Waals surface area (Å²) < 4.78 is 47.2. The predicted octanol–water partition coefficient (Wildman–Crippen LogP) is 7.95. The van der Waals surface area contributed by atoms with Crippen molar-refractivity contribution in [2.75, 3.05) is 19.2 Å². The van der Waals surface area contributed by atoms with E-state index < -0.39 is 64.5 Å². The third-order valence-corrected chi connectivity index (χ3v) is 12.8. The van der Waals surface area contributed by atoms with Gasteiger partial charge in [-0.05, 0) is 88.4 Å². The second-order valence-electron chi connectivity index (χ2n) is 14.4. The predicted molar refractivity (Wildman–Crippen MR) is 208 cm³/mol. The molecule has 2 heterocycles. The Labute approximate surface area is 337 Å². The molecule has 8 rings (SSSR count). The molecule has 14 heteroatoms. The van der Waals surface area contributed by atoms with Gasteiger partial charge in [-0.3, -0.25) is 24.2 Å². The van der Waals surface area contributed by atoms with Gasteiger partial charge in [-0.1, -0.05) is 83.9 Å². The van der Waals surface area contributed by atoms with E-state index >= 15 is 9.59 Å². The number of anilines is 1. The molecule has 4 aromatic rings. The van der Waals surface area contributed by atoms with E-state index in [1.54, 1.807) is 54.6 Å². The quantitative estimate of drug-likeness (QED) is 0.118. The third kappa shape index (κ3) is 5.67. The molecule has 6 atom stereocenters. The van der Waals surface area contributed by atoms with Crippen LogP contribution in [0.5, 0.6) is 11.5 Å². The minimum Gasteiger partial charge on any atom is -0.504 e. The third-order valence-electron chi connectivity index (χ3n) is 11.7. The Bertz CT molecular complexity index is 2390. The van der Waals surface area contributed by atoms with Crippen molar-refractivity contribution in [3.05, 3.63) is 134 Å². The molecule has 286 valence electrons. The lowest BCUT2D eigenvalue weighted by Crippen LogP contribution is -2.59. The van der Waals surface area contributed by atoms with Crippen molar-refractivity contribution in [3.8, 4) is 11.5 Å². The van der Waals surface area contributed by atoms with Gasteiger partial charge >= 0.3 is 6.18 Å². The lowest BCUT2D eigenvalue weighted by Gasteiger charge is -2.55. The molecule has 1 aromatic heterocycles. The number of aromatic hydroxyl groups is 1. The molecule has 0 spiro atoms. The van der Waals surface area contributed by atoms with Crippen molar-refractivity contribution >= 4 is 69.0 Å². The highest BCUT2D eigenvalue weighted by Crippen LogP contribution is 2.64. The van der Waals surface area contributed by atoms with Crippen molar-refractivity contribution in [1.82, 2.24) is 9.99 Å². The number of hydrogen-bond acceptors (Lipinski definition) is 8. The highest BCUT2D eigenvalue weighted by atomic mass is 127. The van der Waals surface area contributed by atoms with Gasteiger partial charge in [0.15, 0.2) is 28.9 Å². The molecule has 1 saturated heterocycles. The fourth-order valence-corrected chi connectivity index (χ4v) is 10.2. The molecule has 56 heavy (non-hydrogen) atoms. The van der Waals surface area contributed by atoms with Crippen molar-refractivity contribution < 1.29 is 42.2 Å². The molecule has 1 saturated carbocycles. The van der Waals surface area contributed by atoms with Gasteiger partial charge in [-0.15, -0.1) is 0 Å². The SMILES string of the molecule is COc1cc([C@H]2C3=CC[C@@H]4C(=O)N(N(C)c5nc(C(F)(F)F)ccc5Cl)C(=O)[C@@H]4[C@@H]3C[C@H]3C(=O)C(c4ccccc4)=CC(=O)[C@@]23c2ccccc2)cc(I)c1O. The lowest BCUT2D eigenvalue weighted by molar-refractivity contribution is -0.141. The number of hydrogen-bond donors (Lipinski definition) is 1. The number of benzene rings is 3. The fourth-order valence-electron chi connectivity index (χ4n) is 9.36. The normalized spacial score (nSPS) is 25.9. The summed E-state index contributed by atoms with van der Waals surface area (Å²) in [5.41, 5.74) is -0.195. The Morgan fingerprint density at radius 3 is 2.30 bits per heavy atom. The van der Waals surface area contributed by atoms with Crippen LogP contribution in [-0.2, 0) is 30.8 Å². The number of pyridine rings is 1. The summed E-state index contributed by atoms with van der Waals surface area (Å²) in [5, 5.41) is 12.5. The number of Topliss-reactive ketones (excluding diaryl/α,β-unsaturated/α-hetero) is 1. The van der Waals surface area contributed by atoms with E-state index in [0.717, 1.165) is 16.1 Å². The number of carbonyl (C=O) groups excluding carboxylic acids is 4. The van der Waals surface area contributed by atoms with Crippen LogP contribution in [0.1, 0.15) is 41.1 Å². The van der Waals surface area contributed by atoms with Crippen LogP contribution < -0.4 is 9.75 Å². The first-order chi connectivity index (χ1) is 26.7. The maximum atomic E-state index is 15.2. The van der Waals surface area contributed by atoms with Crippen molar-refractivity contribution in [3.63, 3.8) is 0 Å². The topological polar surface area (TPSA) is 117 Å². The standard InChI is InChI=1S/C42H32ClF3IN3O6/c1-49(38-29(43)15-16-32(48-38)42(44,45)46)50-39(54)25-14-13-24-27(34(25)40(50)55)19-28-36(52)26(21-9-5-3-6-10-21)20-33(51)41(28,23-11-7-4-8-12-23)35(24)22-17-30(47)37(53)31(18-22)56-2/h3-13,15-18,20,25,27-28,34-35,53H,14,19H2,1-2H3/t25-,27+,28-,34-,35-,41-/m0/s1. The molecule has 0 bridgehead atoms. The number of phenolic OH excluding ortho intramolecular Hbond substituents is 1. The number of carbonyl (C=O) groups is 4. The average molecular weight is 894 g/mol. The molecule has 0 unspecified atom stereocenters. The summed E-state index contributed by atoms with van der Waals surface area (Å²) in [5.74, 6) is -7.01. The number of amides is 2. The number of methoxy groups -OCH3 is 1. The Morgan fingerprint density at radius 1 is 0.964 bits per heavy atom. The molecular weight excluding hydrogens is 862 g/mol. The maximum absolute atomic E-state index is 15.2. The number of alkyl halides is 3. The van der Waals surface area contributed by atoms with Gasteiger partial charge < -0.3 is 9.84 Å². The molecule has 3 aromatic carbocycles. The number of ether oxygens (including phenoxy) is 1.